The summed E-state index contributed by atoms with van der Waals surface area (Å²) in [5, 5.41) is 18.2. The van der Waals surface area contributed by atoms with Crippen LogP contribution < -0.4 is 5.32 Å². The monoisotopic (exact) mass is 480 g/mol. The molecule has 1 amide bonds. The summed E-state index contributed by atoms with van der Waals surface area (Å²) < 4.78 is 1.65. The number of aromatic hydroxyl groups is 1. The van der Waals surface area contributed by atoms with Crippen molar-refractivity contribution in [1.29, 1.82) is 0 Å². The molecule has 3 heterocycles. The Hall–Kier alpha value is -4.79. The third kappa shape index (κ3) is 4.46. The first-order valence-electron chi connectivity index (χ1n) is 11.5. The Morgan fingerprint density at radius 2 is 1.94 bits per heavy atom. The first-order valence-corrected chi connectivity index (χ1v) is 11.5. The van der Waals surface area contributed by atoms with Crippen molar-refractivity contribution in [1.82, 2.24) is 14.8 Å². The van der Waals surface area contributed by atoms with Gasteiger partial charge in [-0.25, -0.2) is 4.99 Å². The summed E-state index contributed by atoms with van der Waals surface area (Å²) in [5.74, 6) is 0.113. The Morgan fingerprint density at radius 1 is 1.17 bits per heavy atom. The first-order chi connectivity index (χ1) is 17.4. The Kier molecular flexibility index (Phi) is 6.03. The number of aromatic nitrogens is 3. The van der Waals surface area contributed by atoms with Crippen LogP contribution >= 0.6 is 0 Å². The molecule has 9 heteroatoms. The van der Waals surface area contributed by atoms with E-state index in [0.29, 0.717) is 57.9 Å². The van der Waals surface area contributed by atoms with Gasteiger partial charge in [-0.15, -0.1) is 0 Å². The molecule has 1 aliphatic heterocycles. The Morgan fingerprint density at radius 3 is 2.67 bits per heavy atom. The summed E-state index contributed by atoms with van der Waals surface area (Å²) in [7, 11) is 0. The number of nitrogens with one attached hydrogen (secondary N) is 2. The molecule has 0 unspecified atom stereocenters. The molecule has 2 aromatic carbocycles. The molecule has 1 aliphatic rings. The molecular weight excluding hydrogens is 456 g/mol. The van der Waals surface area contributed by atoms with E-state index >= 15 is 0 Å². The number of fused-ring (bicyclic) bond motifs is 1. The molecule has 4 aromatic rings. The quantitative estimate of drug-likeness (QED) is 0.282. The van der Waals surface area contributed by atoms with Crippen LogP contribution in [0.25, 0.3) is 10.9 Å². The van der Waals surface area contributed by atoms with Gasteiger partial charge < -0.3 is 15.4 Å². The summed E-state index contributed by atoms with van der Waals surface area (Å²) in [5.41, 5.74) is 3.95. The fraction of sp³-hybridized carbons (Fsp3) is 0.148. The minimum Gasteiger partial charge on any atom is -0.494 e. The average Bonchev–Trinajstić information content (AvgIpc) is 3.61. The van der Waals surface area contributed by atoms with E-state index < -0.39 is 0 Å². The van der Waals surface area contributed by atoms with Crippen molar-refractivity contribution in [3.8, 4) is 5.88 Å². The number of carbonyl (C=O) groups is 2. The van der Waals surface area contributed by atoms with Gasteiger partial charge >= 0.3 is 0 Å². The van der Waals surface area contributed by atoms with Gasteiger partial charge in [-0.1, -0.05) is 6.08 Å². The molecule has 180 valence electrons. The summed E-state index contributed by atoms with van der Waals surface area (Å²) in [4.78, 5) is 37.3. The van der Waals surface area contributed by atoms with Gasteiger partial charge in [-0.05, 0) is 68.5 Å². The number of aliphatic imine (C=N–C) groups is 2. The molecule has 3 N–H and O–H groups in total. The zero-order valence-electron chi connectivity index (χ0n) is 19.8. The topological polar surface area (TPSA) is 125 Å². The highest BCUT2D eigenvalue weighted by Gasteiger charge is 2.16. The van der Waals surface area contributed by atoms with Crippen LogP contribution in [0.5, 0.6) is 5.88 Å². The molecule has 0 spiro atoms. The summed E-state index contributed by atoms with van der Waals surface area (Å²) in [6.07, 6.45) is 5.25. The van der Waals surface area contributed by atoms with Crippen LogP contribution in [0.3, 0.4) is 0 Å². The SMILES string of the molecule is CCn1nc(C)cc1C(=O)Nc1ccc(C(=O)c2ccc3[nH]c(O)c(C=NC4=NCC=C4)c3c2)cc1. The molecule has 2 aromatic heterocycles. The molecule has 0 radical (unpaired) electrons. The standard InChI is InChI=1S/C27H24N6O3/c1-3-33-23(13-16(2)32-33)27(36)30-19-9-6-17(7-10-19)25(34)18-8-11-22-20(14-18)21(26(35)31-22)15-29-24-5-4-12-28-24/h4-11,13-15,31,35H,3,12H2,1-2H3,(H,30,36). The third-order valence-corrected chi connectivity index (χ3v) is 5.87. The lowest BCUT2D eigenvalue weighted by Gasteiger charge is -2.08. The highest BCUT2D eigenvalue weighted by atomic mass is 16.3. The molecule has 0 aliphatic carbocycles. The maximum absolute atomic E-state index is 13.2. The van der Waals surface area contributed by atoms with E-state index in [0.717, 1.165) is 5.69 Å². The maximum Gasteiger partial charge on any atom is 0.273 e. The Bertz CT molecular complexity index is 1570. The molecule has 0 atom stereocenters. The number of carbonyl (C=O) groups excluding carboxylic acids is 2. The number of benzene rings is 2. The van der Waals surface area contributed by atoms with Gasteiger partial charge in [0.1, 0.15) is 11.5 Å². The Balaban J connectivity index is 1.36. The van der Waals surface area contributed by atoms with Gasteiger partial charge in [0.05, 0.1) is 17.8 Å². The highest BCUT2D eigenvalue weighted by molar-refractivity contribution is 6.13. The van der Waals surface area contributed by atoms with Gasteiger partial charge in [0.25, 0.3) is 5.91 Å². The number of ketones is 1. The summed E-state index contributed by atoms with van der Waals surface area (Å²) in [6, 6.07) is 13.7. The van der Waals surface area contributed by atoms with E-state index in [-0.39, 0.29) is 17.6 Å². The van der Waals surface area contributed by atoms with Gasteiger partial charge in [-0.2, -0.15) is 5.10 Å². The predicted octanol–water partition coefficient (Wildman–Crippen LogP) is 4.27. The second-order valence-electron chi connectivity index (χ2n) is 8.35. The molecule has 0 bridgehead atoms. The number of amidine groups is 1. The van der Waals surface area contributed by atoms with Crippen LogP contribution in [0.4, 0.5) is 5.69 Å². The number of amides is 1. The van der Waals surface area contributed by atoms with Crippen molar-refractivity contribution in [2.75, 3.05) is 11.9 Å². The van der Waals surface area contributed by atoms with E-state index in [9.17, 15) is 14.7 Å². The lowest BCUT2D eigenvalue weighted by Crippen LogP contribution is -2.17. The van der Waals surface area contributed by atoms with Crippen molar-refractivity contribution >= 4 is 40.3 Å². The zero-order chi connectivity index (χ0) is 25.2. The van der Waals surface area contributed by atoms with Crippen LogP contribution in [0.15, 0.2) is 70.7 Å². The molecule has 9 nitrogen and oxygen atoms in total. The molecule has 0 saturated heterocycles. The van der Waals surface area contributed by atoms with Gasteiger partial charge in [0.15, 0.2) is 11.7 Å². The zero-order valence-corrected chi connectivity index (χ0v) is 19.8. The van der Waals surface area contributed by atoms with Crippen molar-refractivity contribution in [2.45, 2.75) is 20.4 Å². The number of aromatic amines is 1. The van der Waals surface area contributed by atoms with Crippen molar-refractivity contribution < 1.29 is 14.7 Å². The van der Waals surface area contributed by atoms with Gasteiger partial charge in [0, 0.05) is 40.5 Å². The average molecular weight is 481 g/mol. The minimum absolute atomic E-state index is 0.0272. The fourth-order valence-electron chi connectivity index (χ4n) is 4.08. The molecule has 36 heavy (non-hydrogen) atoms. The van der Waals surface area contributed by atoms with Gasteiger partial charge in [-0.3, -0.25) is 19.3 Å². The minimum atomic E-state index is -0.262. The normalized spacial score (nSPS) is 13.0. The second-order valence-corrected chi connectivity index (χ2v) is 8.35. The number of aryl methyl sites for hydroxylation is 2. The Labute approximate surface area is 206 Å². The van der Waals surface area contributed by atoms with Crippen LogP contribution in [-0.2, 0) is 6.54 Å². The largest absolute Gasteiger partial charge is 0.494 e. The van der Waals surface area contributed by atoms with E-state index in [1.165, 1.54) is 0 Å². The van der Waals surface area contributed by atoms with E-state index in [2.05, 4.69) is 25.4 Å². The molecule has 5 rings (SSSR count). The molecule has 0 fully saturated rings. The summed E-state index contributed by atoms with van der Waals surface area (Å²) in [6.45, 7) is 4.95. The number of H-pyrrole nitrogens is 1. The predicted molar refractivity (Wildman–Crippen MR) is 139 cm³/mol. The summed E-state index contributed by atoms with van der Waals surface area (Å²) >= 11 is 0. The number of nitrogens with zero attached hydrogens (tertiary/aromatic N) is 4. The van der Waals surface area contributed by atoms with Crippen LogP contribution in [0.1, 0.15) is 44.6 Å². The number of rotatable bonds is 6. The molecule has 0 saturated carbocycles. The smallest absolute Gasteiger partial charge is 0.273 e. The highest BCUT2D eigenvalue weighted by Crippen LogP contribution is 2.28. The van der Waals surface area contributed by atoms with Crippen molar-refractivity contribution in [3.05, 3.63) is 88.8 Å². The number of anilines is 1. The van der Waals surface area contributed by atoms with E-state index in [1.54, 1.807) is 59.4 Å². The fourth-order valence-corrected chi connectivity index (χ4v) is 4.08. The number of hydrogen-bond donors (Lipinski definition) is 3. The number of hydrogen-bond acceptors (Lipinski definition) is 6. The van der Waals surface area contributed by atoms with Crippen molar-refractivity contribution in [2.24, 2.45) is 9.98 Å². The van der Waals surface area contributed by atoms with Gasteiger partial charge in [0.2, 0.25) is 0 Å². The van der Waals surface area contributed by atoms with E-state index in [1.807, 2.05) is 26.0 Å². The van der Waals surface area contributed by atoms with Crippen LogP contribution in [0.2, 0.25) is 0 Å². The lowest BCUT2D eigenvalue weighted by molar-refractivity contribution is 0.101. The lowest BCUT2D eigenvalue weighted by atomic mass is 10.0. The van der Waals surface area contributed by atoms with Crippen LogP contribution in [-0.4, -0.2) is 50.2 Å². The maximum atomic E-state index is 13.2. The van der Waals surface area contributed by atoms with E-state index in [4.69, 9.17) is 0 Å². The third-order valence-electron chi connectivity index (χ3n) is 5.87. The second kappa shape index (κ2) is 9.46. The van der Waals surface area contributed by atoms with Crippen LogP contribution in [0, 0.1) is 6.92 Å². The molecular formula is C27H24N6O3. The first kappa shape index (κ1) is 23.0. The van der Waals surface area contributed by atoms with Crippen molar-refractivity contribution in [3.63, 3.8) is 0 Å².